The maximum absolute atomic E-state index is 9.43. The molecule has 0 aliphatic rings. The van der Waals surface area contributed by atoms with Gasteiger partial charge in [0, 0.05) is 17.6 Å². The smallest absolute Gasteiger partial charge is 0.123 e. The first-order valence-electron chi connectivity index (χ1n) is 7.08. The normalized spacial score (nSPS) is 11.0. The van der Waals surface area contributed by atoms with Gasteiger partial charge in [0.1, 0.15) is 5.76 Å². The molecule has 3 rings (SSSR count). The molecular weight excluding hydrogens is 264 g/mol. The zero-order chi connectivity index (χ0) is 14.7. The van der Waals surface area contributed by atoms with Crippen LogP contribution in [0.3, 0.4) is 0 Å². The summed E-state index contributed by atoms with van der Waals surface area (Å²) in [6, 6.07) is 13.8. The lowest BCUT2D eigenvalue weighted by Gasteiger charge is -2.24. The molecule has 21 heavy (non-hydrogen) atoms. The van der Waals surface area contributed by atoms with Gasteiger partial charge >= 0.3 is 0 Å². The molecule has 1 aromatic carbocycles. The van der Waals surface area contributed by atoms with Crippen molar-refractivity contribution in [1.29, 1.82) is 0 Å². The average molecular weight is 282 g/mol. The minimum atomic E-state index is -0.0594. The van der Waals surface area contributed by atoms with Crippen LogP contribution >= 0.6 is 0 Å². The fourth-order valence-electron chi connectivity index (χ4n) is 2.51. The molecule has 4 heteroatoms. The molecule has 1 N–H and O–H groups in total. The largest absolute Gasteiger partial charge is 0.467 e. The summed E-state index contributed by atoms with van der Waals surface area (Å²) in [4.78, 5) is 6.69. The second-order valence-electron chi connectivity index (χ2n) is 4.90. The number of aliphatic hydroxyl groups is 1. The van der Waals surface area contributed by atoms with Gasteiger partial charge in [-0.15, -0.1) is 0 Å². The van der Waals surface area contributed by atoms with E-state index in [1.807, 2.05) is 36.4 Å². The van der Waals surface area contributed by atoms with Gasteiger partial charge < -0.3 is 14.4 Å². The highest BCUT2D eigenvalue weighted by atomic mass is 16.3. The molecule has 0 fully saturated rings. The Labute approximate surface area is 123 Å². The number of benzene rings is 1. The van der Waals surface area contributed by atoms with E-state index in [9.17, 15) is 5.11 Å². The molecule has 4 nitrogen and oxygen atoms in total. The number of pyridine rings is 1. The molecule has 0 aliphatic carbocycles. The summed E-state index contributed by atoms with van der Waals surface area (Å²) in [6.07, 6.45) is 1.69. The van der Waals surface area contributed by atoms with Gasteiger partial charge in [-0.3, -0.25) is 4.98 Å². The van der Waals surface area contributed by atoms with Crippen LogP contribution in [0.2, 0.25) is 0 Å². The Morgan fingerprint density at radius 3 is 2.76 bits per heavy atom. The molecule has 2 heterocycles. The van der Waals surface area contributed by atoms with Crippen molar-refractivity contribution >= 4 is 16.6 Å². The van der Waals surface area contributed by atoms with Crippen molar-refractivity contribution in [3.05, 3.63) is 60.2 Å². The standard InChI is InChI=1S/C17H18N2O2/c1-2-19(11-14-6-5-9-21-14)17-10-13(12-20)18-16-8-4-3-7-15(16)17/h3-10,20H,2,11-12H2,1H3. The lowest BCUT2D eigenvalue weighted by atomic mass is 10.1. The van der Waals surface area contributed by atoms with Gasteiger partial charge in [-0.25, -0.2) is 0 Å². The second-order valence-corrected chi connectivity index (χ2v) is 4.90. The minimum absolute atomic E-state index is 0.0594. The summed E-state index contributed by atoms with van der Waals surface area (Å²) in [7, 11) is 0. The van der Waals surface area contributed by atoms with Crippen LogP contribution in [-0.2, 0) is 13.2 Å². The maximum atomic E-state index is 9.43. The van der Waals surface area contributed by atoms with Crippen molar-refractivity contribution in [2.75, 3.05) is 11.4 Å². The van der Waals surface area contributed by atoms with Crippen LogP contribution in [0.15, 0.2) is 53.1 Å². The number of fused-ring (bicyclic) bond motifs is 1. The zero-order valence-electron chi connectivity index (χ0n) is 12.0. The minimum Gasteiger partial charge on any atom is -0.467 e. The van der Waals surface area contributed by atoms with E-state index in [0.717, 1.165) is 28.9 Å². The van der Waals surface area contributed by atoms with E-state index in [1.54, 1.807) is 6.26 Å². The quantitative estimate of drug-likeness (QED) is 0.779. The number of aliphatic hydroxyl groups excluding tert-OH is 1. The molecule has 0 aliphatic heterocycles. The molecule has 0 saturated heterocycles. The predicted octanol–water partition coefficient (Wildman–Crippen LogP) is 3.35. The van der Waals surface area contributed by atoms with Crippen LogP contribution < -0.4 is 4.90 Å². The maximum Gasteiger partial charge on any atom is 0.123 e. The van der Waals surface area contributed by atoms with E-state index in [4.69, 9.17) is 4.42 Å². The number of anilines is 1. The molecule has 0 bridgehead atoms. The van der Waals surface area contributed by atoms with Crippen molar-refractivity contribution < 1.29 is 9.52 Å². The van der Waals surface area contributed by atoms with Gasteiger partial charge in [-0.1, -0.05) is 18.2 Å². The lowest BCUT2D eigenvalue weighted by molar-refractivity contribution is 0.277. The van der Waals surface area contributed by atoms with Crippen molar-refractivity contribution in [3.8, 4) is 0 Å². The van der Waals surface area contributed by atoms with Crippen molar-refractivity contribution in [1.82, 2.24) is 4.98 Å². The highest BCUT2D eigenvalue weighted by Gasteiger charge is 2.12. The Bertz CT molecular complexity index is 723. The van der Waals surface area contributed by atoms with E-state index in [-0.39, 0.29) is 6.61 Å². The number of rotatable bonds is 5. The lowest BCUT2D eigenvalue weighted by Crippen LogP contribution is -2.22. The van der Waals surface area contributed by atoms with Gasteiger partial charge in [-0.05, 0) is 31.2 Å². The third kappa shape index (κ3) is 2.76. The first-order chi connectivity index (χ1) is 10.3. The van der Waals surface area contributed by atoms with E-state index in [1.165, 1.54) is 0 Å². The SMILES string of the molecule is CCN(Cc1ccco1)c1cc(CO)nc2ccccc12. The van der Waals surface area contributed by atoms with Crippen molar-refractivity contribution in [3.63, 3.8) is 0 Å². The topological polar surface area (TPSA) is 49.5 Å². The molecule has 0 atom stereocenters. The third-order valence-corrected chi connectivity index (χ3v) is 3.56. The summed E-state index contributed by atoms with van der Waals surface area (Å²) in [5.41, 5.74) is 2.65. The predicted molar refractivity (Wildman–Crippen MR) is 83.1 cm³/mol. The molecule has 0 saturated carbocycles. The Kier molecular flexibility index (Phi) is 3.88. The fraction of sp³-hybridized carbons (Fsp3) is 0.235. The summed E-state index contributed by atoms with van der Waals surface area (Å²) < 4.78 is 5.45. The number of aromatic nitrogens is 1. The summed E-state index contributed by atoms with van der Waals surface area (Å²) in [6.45, 7) is 3.59. The Balaban J connectivity index is 2.07. The number of hydrogen-bond acceptors (Lipinski definition) is 4. The van der Waals surface area contributed by atoms with Gasteiger partial charge in [0.05, 0.1) is 30.6 Å². The van der Waals surface area contributed by atoms with Gasteiger partial charge in [-0.2, -0.15) is 0 Å². The summed E-state index contributed by atoms with van der Waals surface area (Å²) >= 11 is 0. The first-order valence-corrected chi connectivity index (χ1v) is 7.08. The van der Waals surface area contributed by atoms with Gasteiger partial charge in [0.25, 0.3) is 0 Å². The van der Waals surface area contributed by atoms with Crippen molar-refractivity contribution in [2.24, 2.45) is 0 Å². The zero-order valence-corrected chi connectivity index (χ0v) is 12.0. The average Bonchev–Trinajstić information content (AvgIpc) is 3.04. The molecule has 108 valence electrons. The van der Waals surface area contributed by atoms with E-state index < -0.39 is 0 Å². The van der Waals surface area contributed by atoms with Gasteiger partial charge in [0.2, 0.25) is 0 Å². The fourth-order valence-corrected chi connectivity index (χ4v) is 2.51. The Morgan fingerprint density at radius 2 is 2.05 bits per heavy atom. The van der Waals surface area contributed by atoms with Crippen LogP contribution in [0.5, 0.6) is 0 Å². The number of para-hydroxylation sites is 1. The number of hydrogen-bond donors (Lipinski definition) is 1. The Morgan fingerprint density at radius 1 is 1.19 bits per heavy atom. The molecular formula is C17H18N2O2. The first kappa shape index (κ1) is 13.6. The van der Waals surface area contributed by atoms with Crippen LogP contribution in [-0.4, -0.2) is 16.6 Å². The van der Waals surface area contributed by atoms with Crippen LogP contribution in [0.4, 0.5) is 5.69 Å². The van der Waals surface area contributed by atoms with Crippen LogP contribution in [0.1, 0.15) is 18.4 Å². The Hall–Kier alpha value is -2.33. The van der Waals surface area contributed by atoms with Crippen molar-refractivity contribution in [2.45, 2.75) is 20.1 Å². The van der Waals surface area contributed by atoms with Gasteiger partial charge in [0.15, 0.2) is 0 Å². The molecule has 0 radical (unpaired) electrons. The van der Waals surface area contributed by atoms with Crippen LogP contribution in [0.25, 0.3) is 10.9 Å². The monoisotopic (exact) mass is 282 g/mol. The molecule has 2 aromatic heterocycles. The third-order valence-electron chi connectivity index (χ3n) is 3.56. The molecule has 0 spiro atoms. The highest BCUT2D eigenvalue weighted by Crippen LogP contribution is 2.28. The van der Waals surface area contributed by atoms with E-state index >= 15 is 0 Å². The van der Waals surface area contributed by atoms with E-state index in [2.05, 4.69) is 22.9 Å². The summed E-state index contributed by atoms with van der Waals surface area (Å²) in [5, 5.41) is 10.5. The second kappa shape index (κ2) is 5.97. The summed E-state index contributed by atoms with van der Waals surface area (Å²) in [5.74, 6) is 0.920. The van der Waals surface area contributed by atoms with Crippen LogP contribution in [0, 0.1) is 0 Å². The van der Waals surface area contributed by atoms with E-state index in [0.29, 0.717) is 12.2 Å². The highest BCUT2D eigenvalue weighted by molar-refractivity contribution is 5.91. The molecule has 0 unspecified atom stereocenters. The number of furan rings is 1. The molecule has 0 amide bonds. The number of nitrogens with zero attached hydrogens (tertiary/aromatic N) is 2. The molecule has 3 aromatic rings.